The average Bonchev–Trinajstić information content (AvgIpc) is 3.03. The summed E-state index contributed by atoms with van der Waals surface area (Å²) in [5, 5.41) is 0. The topological polar surface area (TPSA) is 89.0 Å². The molecule has 1 saturated carbocycles. The van der Waals surface area contributed by atoms with Crippen molar-refractivity contribution in [3.63, 3.8) is 0 Å². The third kappa shape index (κ3) is 4.10. The van der Waals surface area contributed by atoms with Crippen LogP contribution < -0.4 is 4.72 Å². The van der Waals surface area contributed by atoms with Gasteiger partial charge in [-0.1, -0.05) is 38.2 Å². The number of rotatable bonds is 6. The molecule has 0 saturated heterocycles. The van der Waals surface area contributed by atoms with Gasteiger partial charge in [-0.05, 0) is 30.9 Å². The largest absolute Gasteiger partial charge is 0.274 e. The number of nitrogens with one attached hydrogen (secondary N) is 1. The first-order valence-corrected chi connectivity index (χ1v) is 10.5. The van der Waals surface area contributed by atoms with Gasteiger partial charge in [-0.25, -0.2) is 13.1 Å². The fourth-order valence-corrected chi connectivity index (χ4v) is 5.06. The number of carbonyl (C=O) groups is 1. The van der Waals surface area contributed by atoms with Gasteiger partial charge >= 0.3 is 0 Å². The Labute approximate surface area is 146 Å². The molecule has 1 aromatic heterocycles. The van der Waals surface area contributed by atoms with Crippen molar-refractivity contribution in [2.24, 2.45) is 5.92 Å². The third-order valence-corrected chi connectivity index (χ3v) is 6.48. The molecule has 24 heavy (non-hydrogen) atoms. The molecule has 1 heterocycles. The van der Waals surface area contributed by atoms with Gasteiger partial charge in [-0.15, -0.1) is 0 Å². The fraction of sp³-hybridized carbons (Fsp3) is 0.562. The summed E-state index contributed by atoms with van der Waals surface area (Å²) in [6, 6.07) is 4.75. The second-order valence-corrected chi connectivity index (χ2v) is 8.49. The zero-order valence-corrected chi connectivity index (χ0v) is 15.0. The number of nitrogens with zero attached hydrogens (tertiary/aromatic N) is 2. The predicted octanol–water partition coefficient (Wildman–Crippen LogP) is 3.25. The maximum atomic E-state index is 12.4. The van der Waals surface area contributed by atoms with E-state index in [2.05, 4.69) is 13.5 Å². The minimum absolute atomic E-state index is 0.00869. The van der Waals surface area contributed by atoms with Crippen molar-refractivity contribution in [2.45, 2.75) is 56.3 Å². The zero-order chi connectivity index (χ0) is 17.0. The Hall–Kier alpha value is -1.54. The van der Waals surface area contributed by atoms with Gasteiger partial charge in [0, 0.05) is 6.42 Å². The first kappa shape index (κ1) is 17.3. The molecule has 0 bridgehead atoms. The maximum absolute atomic E-state index is 12.4. The van der Waals surface area contributed by atoms with E-state index in [4.69, 9.17) is 0 Å². The number of amides is 1. The van der Waals surface area contributed by atoms with Crippen LogP contribution in [0.4, 0.5) is 0 Å². The van der Waals surface area contributed by atoms with Gasteiger partial charge in [-0.3, -0.25) is 4.79 Å². The zero-order valence-electron chi connectivity index (χ0n) is 13.4. The van der Waals surface area contributed by atoms with E-state index >= 15 is 0 Å². The molecule has 2 aromatic rings. The number of hydrogen-bond donors (Lipinski definition) is 1. The van der Waals surface area contributed by atoms with Crippen molar-refractivity contribution in [3.05, 3.63) is 18.2 Å². The monoisotopic (exact) mass is 367 g/mol. The first-order chi connectivity index (χ1) is 11.6. The lowest BCUT2D eigenvalue weighted by atomic mass is 9.86. The first-order valence-electron chi connectivity index (χ1n) is 8.33. The third-order valence-electron chi connectivity index (χ3n) is 4.53. The van der Waals surface area contributed by atoms with Gasteiger partial charge < -0.3 is 0 Å². The van der Waals surface area contributed by atoms with Crippen LogP contribution in [0.3, 0.4) is 0 Å². The molecule has 6 nitrogen and oxygen atoms in total. The highest BCUT2D eigenvalue weighted by atomic mass is 32.2. The number of sulfonamides is 1. The molecule has 0 radical (unpaired) electrons. The summed E-state index contributed by atoms with van der Waals surface area (Å²) in [4.78, 5) is 12.0. The van der Waals surface area contributed by atoms with Crippen molar-refractivity contribution in [3.8, 4) is 0 Å². The predicted molar refractivity (Wildman–Crippen MR) is 93.2 cm³/mol. The van der Waals surface area contributed by atoms with Crippen molar-refractivity contribution >= 4 is 38.7 Å². The fourth-order valence-electron chi connectivity index (χ4n) is 3.28. The molecule has 1 aliphatic carbocycles. The minimum Gasteiger partial charge on any atom is -0.274 e. The summed E-state index contributed by atoms with van der Waals surface area (Å²) < 4.78 is 35.1. The number of benzene rings is 1. The van der Waals surface area contributed by atoms with Crippen LogP contribution in [0.15, 0.2) is 23.1 Å². The highest BCUT2D eigenvalue weighted by molar-refractivity contribution is 7.90. The van der Waals surface area contributed by atoms with E-state index < -0.39 is 15.9 Å². The highest BCUT2D eigenvalue weighted by Gasteiger charge is 2.22. The summed E-state index contributed by atoms with van der Waals surface area (Å²) in [5.41, 5.74) is 0.831. The Bertz CT molecular complexity index is 811. The van der Waals surface area contributed by atoms with E-state index in [0.717, 1.165) is 24.6 Å². The molecule has 1 N–H and O–H groups in total. The molecule has 8 heteroatoms. The number of fused-ring (bicyclic) bond motifs is 1. The van der Waals surface area contributed by atoms with Gasteiger partial charge in [-0.2, -0.15) is 8.75 Å². The highest BCUT2D eigenvalue weighted by Crippen LogP contribution is 2.27. The van der Waals surface area contributed by atoms with E-state index in [9.17, 15) is 13.2 Å². The van der Waals surface area contributed by atoms with E-state index in [1.807, 2.05) is 0 Å². The SMILES string of the molecule is O=C(CCCC1CCCCC1)NS(=O)(=O)c1cccc2nsnc12. The molecule has 0 aliphatic heterocycles. The Morgan fingerprint density at radius 2 is 2.00 bits per heavy atom. The van der Waals surface area contributed by atoms with E-state index in [1.54, 1.807) is 12.1 Å². The van der Waals surface area contributed by atoms with Gasteiger partial charge in [0.05, 0.1) is 11.7 Å². The molecular weight excluding hydrogens is 346 g/mol. The Morgan fingerprint density at radius 1 is 1.21 bits per heavy atom. The van der Waals surface area contributed by atoms with Crippen LogP contribution in [0, 0.1) is 5.92 Å². The molecule has 3 rings (SSSR count). The normalized spacial score (nSPS) is 16.3. The van der Waals surface area contributed by atoms with Gasteiger partial charge in [0.25, 0.3) is 10.0 Å². The molecule has 1 amide bonds. The lowest BCUT2D eigenvalue weighted by Crippen LogP contribution is -2.30. The summed E-state index contributed by atoms with van der Waals surface area (Å²) in [6.07, 6.45) is 8.30. The van der Waals surface area contributed by atoms with E-state index in [0.29, 0.717) is 17.0 Å². The Morgan fingerprint density at radius 3 is 2.79 bits per heavy atom. The number of aromatic nitrogens is 2. The van der Waals surface area contributed by atoms with Crippen molar-refractivity contribution in [2.75, 3.05) is 0 Å². The van der Waals surface area contributed by atoms with E-state index in [-0.39, 0.29) is 11.3 Å². The van der Waals surface area contributed by atoms with Crippen LogP contribution in [-0.2, 0) is 14.8 Å². The van der Waals surface area contributed by atoms with Crippen molar-refractivity contribution in [1.29, 1.82) is 0 Å². The summed E-state index contributed by atoms with van der Waals surface area (Å²) in [6.45, 7) is 0. The number of carbonyl (C=O) groups excluding carboxylic acids is 1. The van der Waals surface area contributed by atoms with Gasteiger partial charge in [0.15, 0.2) is 0 Å². The lowest BCUT2D eigenvalue weighted by Gasteiger charge is -2.21. The minimum atomic E-state index is -3.91. The van der Waals surface area contributed by atoms with Crippen LogP contribution >= 0.6 is 11.7 Å². The van der Waals surface area contributed by atoms with Crippen molar-refractivity contribution < 1.29 is 13.2 Å². The lowest BCUT2D eigenvalue weighted by molar-refractivity contribution is -0.119. The molecular formula is C16H21N3O3S2. The smallest absolute Gasteiger partial charge is 0.266 e. The van der Waals surface area contributed by atoms with Crippen LogP contribution in [0.2, 0.25) is 0 Å². The summed E-state index contributed by atoms with van der Waals surface area (Å²) in [7, 11) is -3.91. The van der Waals surface area contributed by atoms with Crippen LogP contribution in [-0.4, -0.2) is 23.1 Å². The molecule has 1 fully saturated rings. The second kappa shape index (κ2) is 7.57. The second-order valence-electron chi connectivity index (χ2n) is 6.31. The Kier molecular flexibility index (Phi) is 5.45. The molecule has 0 unspecified atom stereocenters. The Balaban J connectivity index is 1.57. The molecule has 1 aromatic carbocycles. The van der Waals surface area contributed by atoms with Crippen molar-refractivity contribution in [1.82, 2.24) is 13.5 Å². The summed E-state index contributed by atoms with van der Waals surface area (Å²) >= 11 is 0.955. The van der Waals surface area contributed by atoms with Crippen LogP contribution in [0.1, 0.15) is 51.4 Å². The average molecular weight is 367 g/mol. The van der Waals surface area contributed by atoms with Gasteiger partial charge in [0.1, 0.15) is 15.9 Å². The number of hydrogen-bond acceptors (Lipinski definition) is 6. The standard InChI is InChI=1S/C16H21N3O3S2/c20-15(11-4-8-12-6-2-1-3-7-12)19-24(21,22)14-10-5-9-13-16(14)18-23-17-13/h5,9-10,12H,1-4,6-8,11H2,(H,19,20). The van der Waals surface area contributed by atoms with Crippen LogP contribution in [0.25, 0.3) is 11.0 Å². The van der Waals surface area contributed by atoms with E-state index in [1.165, 1.54) is 38.2 Å². The summed E-state index contributed by atoms with van der Waals surface area (Å²) in [5.74, 6) is 0.240. The molecule has 0 atom stereocenters. The maximum Gasteiger partial charge on any atom is 0.266 e. The van der Waals surface area contributed by atoms with Gasteiger partial charge in [0.2, 0.25) is 5.91 Å². The van der Waals surface area contributed by atoms with Crippen LogP contribution in [0.5, 0.6) is 0 Å². The quantitative estimate of drug-likeness (QED) is 0.846. The molecule has 0 spiro atoms. The molecule has 130 valence electrons. The molecule has 1 aliphatic rings.